The molecule has 1 aliphatic rings. The Balaban J connectivity index is 2.58. The Morgan fingerprint density at radius 2 is 2.00 bits per heavy atom. The molecule has 0 aromatic carbocycles. The Bertz CT molecular complexity index is 262. The SMILES string of the molecule is CCSCCCN1CC(C(C)(C)C)NCC1C(C)CC. The van der Waals surface area contributed by atoms with E-state index in [-0.39, 0.29) is 0 Å². The average molecular weight is 301 g/mol. The van der Waals surface area contributed by atoms with Crippen LogP contribution < -0.4 is 5.32 Å². The van der Waals surface area contributed by atoms with Crippen LogP contribution in [-0.4, -0.2) is 48.1 Å². The molecule has 0 amide bonds. The molecular weight excluding hydrogens is 264 g/mol. The van der Waals surface area contributed by atoms with Gasteiger partial charge in [0.1, 0.15) is 0 Å². The highest BCUT2D eigenvalue weighted by atomic mass is 32.2. The molecule has 1 N–H and O–H groups in total. The summed E-state index contributed by atoms with van der Waals surface area (Å²) in [5.41, 5.74) is 0.358. The van der Waals surface area contributed by atoms with Crippen LogP contribution in [0.5, 0.6) is 0 Å². The molecule has 3 atom stereocenters. The van der Waals surface area contributed by atoms with Crippen molar-refractivity contribution >= 4 is 11.8 Å². The summed E-state index contributed by atoms with van der Waals surface area (Å²) < 4.78 is 0. The van der Waals surface area contributed by atoms with Gasteiger partial charge < -0.3 is 5.32 Å². The van der Waals surface area contributed by atoms with Crippen LogP contribution in [-0.2, 0) is 0 Å². The van der Waals surface area contributed by atoms with Gasteiger partial charge in [-0.2, -0.15) is 11.8 Å². The zero-order valence-corrected chi connectivity index (χ0v) is 15.4. The normalized spacial score (nSPS) is 26.7. The highest BCUT2D eigenvalue weighted by Gasteiger charge is 2.35. The number of hydrogen-bond acceptors (Lipinski definition) is 3. The lowest BCUT2D eigenvalue weighted by Gasteiger charge is -2.47. The topological polar surface area (TPSA) is 15.3 Å². The zero-order chi connectivity index (χ0) is 15.2. The molecule has 0 aromatic rings. The number of thioether (sulfide) groups is 1. The van der Waals surface area contributed by atoms with Crippen LogP contribution >= 0.6 is 11.8 Å². The quantitative estimate of drug-likeness (QED) is 0.719. The molecule has 0 aromatic heterocycles. The number of nitrogens with one attached hydrogen (secondary N) is 1. The minimum Gasteiger partial charge on any atom is -0.311 e. The second kappa shape index (κ2) is 8.65. The van der Waals surface area contributed by atoms with E-state index in [9.17, 15) is 0 Å². The summed E-state index contributed by atoms with van der Waals surface area (Å²) >= 11 is 2.08. The van der Waals surface area contributed by atoms with Crippen LogP contribution in [0, 0.1) is 11.3 Å². The van der Waals surface area contributed by atoms with E-state index in [2.05, 4.69) is 63.5 Å². The van der Waals surface area contributed by atoms with Crippen LogP contribution in [0.3, 0.4) is 0 Å². The lowest BCUT2D eigenvalue weighted by atomic mass is 9.83. The van der Waals surface area contributed by atoms with E-state index in [1.54, 1.807) is 0 Å². The predicted octanol–water partition coefficient (Wildman–Crippen LogP) is 3.86. The molecule has 120 valence electrons. The largest absolute Gasteiger partial charge is 0.311 e. The van der Waals surface area contributed by atoms with Gasteiger partial charge in [0.25, 0.3) is 0 Å². The first-order chi connectivity index (χ1) is 9.40. The molecule has 3 heteroatoms. The van der Waals surface area contributed by atoms with Gasteiger partial charge in [0.2, 0.25) is 0 Å². The van der Waals surface area contributed by atoms with E-state index < -0.39 is 0 Å². The fraction of sp³-hybridized carbons (Fsp3) is 1.00. The van der Waals surface area contributed by atoms with Gasteiger partial charge in [-0.3, -0.25) is 4.90 Å². The van der Waals surface area contributed by atoms with Crippen LogP contribution in [0.2, 0.25) is 0 Å². The van der Waals surface area contributed by atoms with Gasteiger partial charge in [0.15, 0.2) is 0 Å². The third-order valence-corrected chi connectivity index (χ3v) is 5.73. The summed E-state index contributed by atoms with van der Waals surface area (Å²) in [4.78, 5) is 2.77. The van der Waals surface area contributed by atoms with Gasteiger partial charge in [0.05, 0.1) is 0 Å². The van der Waals surface area contributed by atoms with Crippen LogP contribution in [0.15, 0.2) is 0 Å². The van der Waals surface area contributed by atoms with Gasteiger partial charge >= 0.3 is 0 Å². The maximum Gasteiger partial charge on any atom is 0.0246 e. The summed E-state index contributed by atoms with van der Waals surface area (Å²) in [6, 6.07) is 1.35. The van der Waals surface area contributed by atoms with Crippen LogP contribution in [0.1, 0.15) is 54.4 Å². The molecular formula is C17H36N2S. The molecule has 20 heavy (non-hydrogen) atoms. The zero-order valence-electron chi connectivity index (χ0n) is 14.5. The summed E-state index contributed by atoms with van der Waals surface area (Å²) in [7, 11) is 0. The molecule has 3 unspecified atom stereocenters. The Hall–Kier alpha value is 0.270. The summed E-state index contributed by atoms with van der Waals surface area (Å²) in [5.74, 6) is 3.36. The molecule has 0 saturated carbocycles. The molecule has 1 fully saturated rings. The Morgan fingerprint density at radius 1 is 1.30 bits per heavy atom. The molecule has 0 spiro atoms. The van der Waals surface area contributed by atoms with Gasteiger partial charge in [-0.1, -0.05) is 48.0 Å². The van der Waals surface area contributed by atoms with Crippen molar-refractivity contribution < 1.29 is 0 Å². The number of hydrogen-bond donors (Lipinski definition) is 1. The molecule has 1 aliphatic heterocycles. The summed E-state index contributed by atoms with van der Waals surface area (Å²) in [6.07, 6.45) is 2.62. The summed E-state index contributed by atoms with van der Waals surface area (Å²) in [5, 5.41) is 3.81. The second-order valence-corrected chi connectivity index (χ2v) is 8.72. The fourth-order valence-corrected chi connectivity index (χ4v) is 3.63. The maximum absolute atomic E-state index is 3.81. The van der Waals surface area contributed by atoms with Crippen molar-refractivity contribution in [2.45, 2.75) is 66.5 Å². The highest BCUT2D eigenvalue weighted by Crippen LogP contribution is 2.26. The third-order valence-electron chi connectivity index (χ3n) is 4.74. The molecule has 0 bridgehead atoms. The number of piperazine rings is 1. The Labute approximate surface area is 131 Å². The monoisotopic (exact) mass is 300 g/mol. The van der Waals surface area contributed by atoms with E-state index >= 15 is 0 Å². The summed E-state index contributed by atoms with van der Waals surface area (Å²) in [6.45, 7) is 17.7. The molecule has 2 nitrogen and oxygen atoms in total. The average Bonchev–Trinajstić information content (AvgIpc) is 2.41. The molecule has 0 aliphatic carbocycles. The van der Waals surface area contributed by atoms with Gasteiger partial charge in [-0.15, -0.1) is 0 Å². The standard InChI is InChI=1S/C17H36N2S/c1-7-14(3)15-12-18-16(17(4,5)6)13-19(15)10-9-11-20-8-2/h14-16,18H,7-13H2,1-6H3. The van der Waals surface area contributed by atoms with Gasteiger partial charge in [-0.25, -0.2) is 0 Å². The van der Waals surface area contributed by atoms with E-state index in [1.807, 2.05) is 0 Å². The van der Waals surface area contributed by atoms with Crippen molar-refractivity contribution in [2.24, 2.45) is 11.3 Å². The smallest absolute Gasteiger partial charge is 0.0246 e. The van der Waals surface area contributed by atoms with Gasteiger partial charge in [-0.05, 0) is 35.8 Å². The molecule has 0 radical (unpaired) electrons. The molecule has 1 rings (SSSR count). The van der Waals surface area contributed by atoms with E-state index in [1.165, 1.54) is 37.4 Å². The minimum absolute atomic E-state index is 0.358. The third kappa shape index (κ3) is 5.57. The van der Waals surface area contributed by atoms with E-state index in [0.29, 0.717) is 11.5 Å². The second-order valence-electron chi connectivity index (χ2n) is 7.33. The lowest BCUT2D eigenvalue weighted by Crippen LogP contribution is -2.62. The van der Waals surface area contributed by atoms with Crippen molar-refractivity contribution in [3.8, 4) is 0 Å². The Morgan fingerprint density at radius 3 is 2.55 bits per heavy atom. The van der Waals surface area contributed by atoms with Crippen molar-refractivity contribution in [1.29, 1.82) is 0 Å². The fourth-order valence-electron chi connectivity index (χ4n) is 3.01. The van der Waals surface area contributed by atoms with Crippen molar-refractivity contribution in [1.82, 2.24) is 10.2 Å². The Kier molecular flexibility index (Phi) is 7.92. The van der Waals surface area contributed by atoms with Crippen molar-refractivity contribution in [3.05, 3.63) is 0 Å². The maximum atomic E-state index is 3.81. The van der Waals surface area contributed by atoms with Crippen molar-refractivity contribution in [3.63, 3.8) is 0 Å². The first-order valence-corrected chi connectivity index (χ1v) is 9.60. The van der Waals surface area contributed by atoms with Crippen molar-refractivity contribution in [2.75, 3.05) is 31.1 Å². The van der Waals surface area contributed by atoms with Crippen LogP contribution in [0.25, 0.3) is 0 Å². The first kappa shape index (κ1) is 18.3. The van der Waals surface area contributed by atoms with Crippen LogP contribution in [0.4, 0.5) is 0 Å². The lowest BCUT2D eigenvalue weighted by molar-refractivity contribution is 0.0586. The molecule has 1 saturated heterocycles. The number of rotatable bonds is 7. The minimum atomic E-state index is 0.358. The van der Waals surface area contributed by atoms with E-state index in [0.717, 1.165) is 18.5 Å². The van der Waals surface area contributed by atoms with Gasteiger partial charge in [0, 0.05) is 25.2 Å². The molecule has 1 heterocycles. The highest BCUT2D eigenvalue weighted by molar-refractivity contribution is 7.99. The number of nitrogens with zero attached hydrogens (tertiary/aromatic N) is 1. The predicted molar refractivity (Wildman–Crippen MR) is 93.7 cm³/mol. The van der Waals surface area contributed by atoms with E-state index in [4.69, 9.17) is 0 Å². The first-order valence-electron chi connectivity index (χ1n) is 8.45.